The molecule has 4 rings (SSSR count). The molecule has 0 fully saturated rings. The van der Waals surface area contributed by atoms with Gasteiger partial charge < -0.3 is 14.8 Å². The Labute approximate surface area is 212 Å². The highest BCUT2D eigenvalue weighted by molar-refractivity contribution is 7.92. The molecule has 1 heterocycles. The van der Waals surface area contributed by atoms with E-state index in [0.29, 0.717) is 16.5 Å². The lowest BCUT2D eigenvalue weighted by Crippen LogP contribution is -2.45. The van der Waals surface area contributed by atoms with Crippen molar-refractivity contribution >= 4 is 62.1 Å². The van der Waals surface area contributed by atoms with Crippen LogP contribution in [0.15, 0.2) is 65.6 Å². The van der Waals surface area contributed by atoms with Gasteiger partial charge in [-0.15, -0.1) is 0 Å². The Morgan fingerprint density at radius 2 is 1.76 bits per heavy atom. The largest absolute Gasteiger partial charge is 0.484 e. The zero-order valence-corrected chi connectivity index (χ0v) is 20.9. The molecular weight excluding hydrogens is 523 g/mol. The number of fused-ring (bicyclic) bond motifs is 1. The van der Waals surface area contributed by atoms with E-state index in [1.807, 2.05) is 0 Å². The molecule has 1 aliphatic rings. The third kappa shape index (κ3) is 4.96. The molecule has 1 unspecified atom stereocenters. The lowest BCUT2D eigenvalue weighted by atomic mass is 10.1. The van der Waals surface area contributed by atoms with Crippen LogP contribution in [0.25, 0.3) is 0 Å². The van der Waals surface area contributed by atoms with Gasteiger partial charge in [0.15, 0.2) is 0 Å². The number of hydrogen-bond acceptors (Lipinski definition) is 5. The molecule has 3 aromatic carbocycles. The van der Waals surface area contributed by atoms with E-state index in [-0.39, 0.29) is 39.3 Å². The van der Waals surface area contributed by atoms with Crippen LogP contribution in [0.4, 0.5) is 11.4 Å². The first kappa shape index (κ1) is 24.6. The van der Waals surface area contributed by atoms with Crippen LogP contribution in [-0.2, 0) is 14.8 Å². The number of nitrogens with one attached hydrogen (secondary N) is 1. The van der Waals surface area contributed by atoms with E-state index < -0.39 is 22.0 Å². The Morgan fingerprint density at radius 3 is 2.41 bits per heavy atom. The molecule has 11 heteroatoms. The maximum atomic E-state index is 13.5. The van der Waals surface area contributed by atoms with Gasteiger partial charge in [0.2, 0.25) is 0 Å². The summed E-state index contributed by atoms with van der Waals surface area (Å²) in [5.74, 6) is -0.198. The number of amides is 1. The van der Waals surface area contributed by atoms with Crippen molar-refractivity contribution in [2.75, 3.05) is 29.9 Å². The summed E-state index contributed by atoms with van der Waals surface area (Å²) in [6.45, 7) is 0.203. The van der Waals surface area contributed by atoms with Crippen molar-refractivity contribution in [1.82, 2.24) is 0 Å². The van der Waals surface area contributed by atoms with Crippen molar-refractivity contribution in [2.45, 2.75) is 11.0 Å². The summed E-state index contributed by atoms with van der Waals surface area (Å²) in [5.41, 5.74) is 0.723. The van der Waals surface area contributed by atoms with Gasteiger partial charge in [-0.2, -0.15) is 0 Å². The predicted molar refractivity (Wildman–Crippen MR) is 133 cm³/mol. The fourth-order valence-electron chi connectivity index (χ4n) is 3.53. The van der Waals surface area contributed by atoms with Crippen LogP contribution in [0.2, 0.25) is 15.1 Å². The molecule has 1 atom stereocenters. The molecule has 34 heavy (non-hydrogen) atoms. The quantitative estimate of drug-likeness (QED) is 0.445. The first-order valence-corrected chi connectivity index (χ1v) is 12.6. The van der Waals surface area contributed by atoms with Gasteiger partial charge in [-0.05, 0) is 54.6 Å². The van der Waals surface area contributed by atoms with Crippen LogP contribution in [0.1, 0.15) is 10.4 Å². The predicted octanol–water partition coefficient (Wildman–Crippen LogP) is 5.50. The number of benzene rings is 3. The van der Waals surface area contributed by atoms with E-state index in [1.165, 1.54) is 41.7 Å². The van der Waals surface area contributed by atoms with Gasteiger partial charge in [-0.1, -0.05) is 40.9 Å². The fourth-order valence-corrected chi connectivity index (χ4v) is 5.73. The Hall–Kier alpha value is -2.49. The Bertz CT molecular complexity index is 1310. The van der Waals surface area contributed by atoms with Crippen molar-refractivity contribution in [3.63, 3.8) is 0 Å². The Kier molecular flexibility index (Phi) is 7.25. The highest BCUT2D eigenvalue weighted by Gasteiger charge is 2.35. The van der Waals surface area contributed by atoms with Crippen LogP contribution in [0.5, 0.6) is 5.75 Å². The molecule has 1 amide bonds. The zero-order valence-electron chi connectivity index (χ0n) is 17.8. The molecule has 1 aliphatic heterocycles. The number of halogens is 3. The molecule has 0 aliphatic carbocycles. The van der Waals surface area contributed by atoms with Crippen LogP contribution >= 0.6 is 34.8 Å². The lowest BCUT2D eigenvalue weighted by molar-refractivity contribution is 0.0820. The highest BCUT2D eigenvalue weighted by atomic mass is 35.5. The average Bonchev–Trinajstić information content (AvgIpc) is 2.79. The maximum absolute atomic E-state index is 13.5. The van der Waals surface area contributed by atoms with E-state index in [4.69, 9.17) is 44.3 Å². The molecule has 0 aromatic heterocycles. The average molecular weight is 542 g/mol. The normalized spacial score (nSPS) is 15.4. The van der Waals surface area contributed by atoms with Gasteiger partial charge in [0.05, 0.1) is 39.3 Å². The van der Waals surface area contributed by atoms with Crippen molar-refractivity contribution in [3.8, 4) is 5.75 Å². The second-order valence-electron chi connectivity index (χ2n) is 7.42. The molecule has 178 valence electrons. The molecule has 1 N–H and O–H groups in total. The lowest BCUT2D eigenvalue weighted by Gasteiger charge is -2.35. The second-order valence-corrected chi connectivity index (χ2v) is 10.5. The Balaban J connectivity index is 1.72. The summed E-state index contributed by atoms with van der Waals surface area (Å²) in [6, 6.07) is 15.3. The van der Waals surface area contributed by atoms with E-state index in [9.17, 15) is 13.2 Å². The fraction of sp³-hybridized carbons (Fsp3) is 0.174. The van der Waals surface area contributed by atoms with Crippen LogP contribution in [-0.4, -0.2) is 40.7 Å². The first-order valence-electron chi connectivity index (χ1n) is 10.0. The number of rotatable bonds is 6. The molecule has 3 aromatic rings. The number of nitrogens with zero attached hydrogens (tertiary/aromatic N) is 1. The van der Waals surface area contributed by atoms with Crippen molar-refractivity contribution in [1.29, 1.82) is 0 Å². The minimum atomic E-state index is -3.97. The van der Waals surface area contributed by atoms with Gasteiger partial charge >= 0.3 is 0 Å². The molecule has 0 saturated carbocycles. The number of ether oxygens (including phenoxy) is 2. The van der Waals surface area contributed by atoms with Crippen LogP contribution in [0.3, 0.4) is 0 Å². The summed E-state index contributed by atoms with van der Waals surface area (Å²) < 4.78 is 39.4. The van der Waals surface area contributed by atoms with Gasteiger partial charge in [0.1, 0.15) is 11.9 Å². The second kappa shape index (κ2) is 10.0. The van der Waals surface area contributed by atoms with Gasteiger partial charge in [-0.25, -0.2) is 8.42 Å². The molecule has 7 nitrogen and oxygen atoms in total. The standard InChI is InChI=1S/C23H19Cl3N2O5S/c1-32-13-16-12-28(34(30,31)17-8-5-14(24)6-9-17)20-11-15(7-10-21(20)33-16)27-23(29)22-18(25)3-2-4-19(22)26/h2-11,16H,12-13H2,1H3,(H,27,29). The summed E-state index contributed by atoms with van der Waals surface area (Å²) in [4.78, 5) is 12.9. The van der Waals surface area contributed by atoms with Gasteiger partial charge in [0.25, 0.3) is 15.9 Å². The molecule has 0 saturated heterocycles. The van der Waals surface area contributed by atoms with E-state index in [0.717, 1.165) is 0 Å². The van der Waals surface area contributed by atoms with Crippen molar-refractivity contribution < 1.29 is 22.7 Å². The number of carbonyl (C=O) groups is 1. The molecule has 0 radical (unpaired) electrons. The third-order valence-electron chi connectivity index (χ3n) is 5.09. The SMILES string of the molecule is COCC1CN(S(=O)(=O)c2ccc(Cl)cc2)c2cc(NC(=O)c3c(Cl)cccc3Cl)ccc2O1. The van der Waals surface area contributed by atoms with Crippen molar-refractivity contribution in [3.05, 3.63) is 81.3 Å². The number of methoxy groups -OCH3 is 1. The molecule has 0 spiro atoms. The minimum Gasteiger partial charge on any atom is -0.484 e. The number of hydrogen-bond donors (Lipinski definition) is 1. The first-order chi connectivity index (χ1) is 16.2. The van der Waals surface area contributed by atoms with E-state index >= 15 is 0 Å². The minimum absolute atomic E-state index is 0.0134. The number of carbonyl (C=O) groups excluding carboxylic acids is 1. The Morgan fingerprint density at radius 1 is 1.09 bits per heavy atom. The van der Waals surface area contributed by atoms with Gasteiger partial charge in [0, 0.05) is 17.8 Å². The maximum Gasteiger partial charge on any atom is 0.264 e. The number of anilines is 2. The summed E-state index contributed by atoms with van der Waals surface area (Å²) in [5, 5.41) is 3.53. The van der Waals surface area contributed by atoms with Crippen LogP contribution in [0, 0.1) is 0 Å². The summed E-state index contributed by atoms with van der Waals surface area (Å²) >= 11 is 18.2. The highest BCUT2D eigenvalue weighted by Crippen LogP contribution is 2.39. The summed E-state index contributed by atoms with van der Waals surface area (Å²) in [7, 11) is -2.46. The third-order valence-corrected chi connectivity index (χ3v) is 7.77. The summed E-state index contributed by atoms with van der Waals surface area (Å²) in [6.07, 6.45) is -0.526. The smallest absolute Gasteiger partial charge is 0.264 e. The number of sulfonamides is 1. The van der Waals surface area contributed by atoms with Crippen molar-refractivity contribution in [2.24, 2.45) is 0 Å². The monoisotopic (exact) mass is 540 g/mol. The molecule has 0 bridgehead atoms. The zero-order chi connectivity index (χ0) is 24.5. The van der Waals surface area contributed by atoms with Gasteiger partial charge in [-0.3, -0.25) is 9.10 Å². The van der Waals surface area contributed by atoms with E-state index in [1.54, 1.807) is 30.3 Å². The molecular formula is C23H19Cl3N2O5S. The van der Waals surface area contributed by atoms with Crippen LogP contribution < -0.4 is 14.4 Å². The van der Waals surface area contributed by atoms with E-state index in [2.05, 4.69) is 5.32 Å². The topological polar surface area (TPSA) is 84.9 Å².